The van der Waals surface area contributed by atoms with Gasteiger partial charge in [0.05, 0.1) is 34.1 Å². The summed E-state index contributed by atoms with van der Waals surface area (Å²) in [5, 5.41) is 14.2. The molecule has 0 bridgehead atoms. The summed E-state index contributed by atoms with van der Waals surface area (Å²) in [5.74, 6) is -9.16. The molecule has 0 saturated heterocycles. The Labute approximate surface area is 195 Å². The van der Waals surface area contributed by atoms with E-state index in [1.807, 2.05) is 0 Å². The number of rotatable bonds is 4. The van der Waals surface area contributed by atoms with Gasteiger partial charge in [0.15, 0.2) is 0 Å². The average Bonchev–Trinajstić information content (AvgIpc) is 2.75. The van der Waals surface area contributed by atoms with E-state index in [0.717, 1.165) is 0 Å². The molecule has 2 atom stereocenters. The van der Waals surface area contributed by atoms with Crippen LogP contribution >= 0.6 is 0 Å². The van der Waals surface area contributed by atoms with E-state index in [-0.39, 0.29) is 24.3 Å². The number of carboxylic acids is 1. The van der Waals surface area contributed by atoms with Gasteiger partial charge >= 0.3 is 18.5 Å². The van der Waals surface area contributed by atoms with Gasteiger partial charge in [0, 0.05) is 11.3 Å². The number of benzene rings is 2. The summed E-state index contributed by atoms with van der Waals surface area (Å²) < 4.78 is 151. The van der Waals surface area contributed by atoms with Crippen molar-refractivity contribution in [3.05, 3.63) is 64.2 Å². The summed E-state index contributed by atoms with van der Waals surface area (Å²) in [6.45, 7) is 1.22. The monoisotopic (exact) mass is 534 g/mol. The molecular weight excluding hydrogens is 519 g/mol. The Morgan fingerprint density at radius 1 is 0.833 bits per heavy atom. The van der Waals surface area contributed by atoms with E-state index < -0.39 is 88.2 Å². The Kier molecular flexibility index (Phi) is 6.51. The van der Waals surface area contributed by atoms with E-state index in [1.54, 1.807) is 0 Å². The second-order valence-electron chi connectivity index (χ2n) is 8.32. The molecule has 2 aromatic rings. The number of anilines is 1. The largest absolute Gasteiger partial charge is 0.548 e. The molecule has 0 amide bonds. The van der Waals surface area contributed by atoms with Gasteiger partial charge in [-0.2, -0.15) is 39.5 Å². The van der Waals surface area contributed by atoms with Crippen LogP contribution in [0.1, 0.15) is 53.5 Å². The van der Waals surface area contributed by atoms with E-state index in [0.29, 0.717) is 12.1 Å². The Hall–Kier alpha value is -3.06. The summed E-state index contributed by atoms with van der Waals surface area (Å²) in [4.78, 5) is 11.8. The average molecular weight is 534 g/mol. The summed E-state index contributed by atoms with van der Waals surface area (Å²) in [6, 6.07) is 0.535. The minimum atomic E-state index is -5.47. The Morgan fingerprint density at radius 2 is 1.31 bits per heavy atom. The van der Waals surface area contributed by atoms with Crippen molar-refractivity contribution in [2.24, 2.45) is 0 Å². The van der Waals surface area contributed by atoms with E-state index >= 15 is 8.78 Å². The third-order valence-corrected chi connectivity index (χ3v) is 6.09. The fraction of sp³-hybridized carbons (Fsp3) is 0.409. The van der Waals surface area contributed by atoms with Crippen LogP contribution in [-0.2, 0) is 29.2 Å². The van der Waals surface area contributed by atoms with E-state index in [9.17, 15) is 49.4 Å². The van der Waals surface area contributed by atoms with Gasteiger partial charge in [-0.15, -0.1) is 0 Å². The lowest BCUT2D eigenvalue weighted by atomic mass is 9.72. The highest BCUT2D eigenvalue weighted by atomic mass is 19.4. The second-order valence-corrected chi connectivity index (χ2v) is 8.32. The molecule has 3 nitrogen and oxygen atoms in total. The number of aliphatic carboxylic acids is 1. The molecular formula is C22H15F11NO2-. The molecule has 0 fully saturated rings. The van der Waals surface area contributed by atoms with Crippen LogP contribution in [-0.4, -0.2) is 11.5 Å². The maximum Gasteiger partial charge on any atom is 0.416 e. The molecule has 0 aliphatic carbocycles. The smallest absolute Gasteiger partial charge is 0.416 e. The molecule has 1 aliphatic rings. The van der Waals surface area contributed by atoms with Crippen LogP contribution in [0.2, 0.25) is 0 Å². The summed E-state index contributed by atoms with van der Waals surface area (Å²) in [7, 11) is 0. The van der Waals surface area contributed by atoms with Gasteiger partial charge in [0.1, 0.15) is 0 Å². The number of hydrogen-bond acceptors (Lipinski definition) is 3. The molecule has 1 heterocycles. The number of alkyl halides is 11. The molecule has 0 spiro atoms. The highest BCUT2D eigenvalue weighted by molar-refractivity contribution is 5.83. The molecule has 14 heteroatoms. The Balaban J connectivity index is 2.31. The van der Waals surface area contributed by atoms with Crippen molar-refractivity contribution in [1.29, 1.82) is 0 Å². The number of halogens is 11. The fourth-order valence-corrected chi connectivity index (χ4v) is 4.09. The first-order valence-corrected chi connectivity index (χ1v) is 10.1. The van der Waals surface area contributed by atoms with Gasteiger partial charge in [0.2, 0.25) is 0 Å². The zero-order valence-corrected chi connectivity index (χ0v) is 17.9. The third-order valence-electron chi connectivity index (χ3n) is 6.09. The molecule has 36 heavy (non-hydrogen) atoms. The minimum absolute atomic E-state index is 0.239. The molecule has 1 N–H and O–H groups in total. The highest BCUT2D eigenvalue weighted by Gasteiger charge is 2.52. The molecule has 1 aliphatic heterocycles. The predicted molar refractivity (Wildman–Crippen MR) is 101 cm³/mol. The summed E-state index contributed by atoms with van der Waals surface area (Å²) in [6.07, 6.45) is -17.6. The first kappa shape index (κ1) is 27.5. The fourth-order valence-electron chi connectivity index (χ4n) is 4.09. The van der Waals surface area contributed by atoms with Crippen molar-refractivity contribution in [1.82, 2.24) is 0 Å². The number of carbonyl (C=O) groups is 1. The molecule has 0 aromatic heterocycles. The van der Waals surface area contributed by atoms with E-state index in [1.165, 1.54) is 6.92 Å². The number of hydrogen-bond donors (Lipinski definition) is 1. The Bertz CT molecular complexity index is 1140. The van der Waals surface area contributed by atoms with Crippen molar-refractivity contribution in [3.8, 4) is 0 Å². The minimum Gasteiger partial charge on any atom is -0.548 e. The molecule has 2 aromatic carbocycles. The quantitative estimate of drug-likeness (QED) is 0.467. The van der Waals surface area contributed by atoms with Crippen LogP contribution in [0.5, 0.6) is 0 Å². The zero-order chi connectivity index (χ0) is 27.5. The van der Waals surface area contributed by atoms with Crippen molar-refractivity contribution in [2.75, 3.05) is 5.32 Å². The standard InChI is InChI=1S/C22H16F11NO2/c1-2-18(17(35)36)9-15(14-8-10(20(25,26)27)3-4-16(14)34-18)19(23,24)11-5-12(21(28,29)30)7-13(6-11)22(31,32)33/h3-8,15,34H,2,9H2,1H3,(H,35,36)/p-1/t15-,18-/m0/s1. The molecule has 3 rings (SSSR count). The molecule has 0 radical (unpaired) electrons. The predicted octanol–water partition coefficient (Wildman–Crippen LogP) is 6.33. The van der Waals surface area contributed by atoms with Gasteiger partial charge in [-0.25, -0.2) is 8.78 Å². The van der Waals surface area contributed by atoms with Gasteiger partial charge < -0.3 is 15.2 Å². The number of fused-ring (bicyclic) bond motifs is 1. The van der Waals surface area contributed by atoms with Crippen LogP contribution in [0.3, 0.4) is 0 Å². The summed E-state index contributed by atoms with van der Waals surface area (Å²) >= 11 is 0. The molecule has 0 unspecified atom stereocenters. The SMILES string of the molecule is CC[C@@]1(C(=O)[O-])C[C@H](C(F)(F)c2cc(C(F)(F)F)cc(C(F)(F)F)c2)c2cc(C(F)(F)F)ccc2N1. The van der Waals surface area contributed by atoms with Crippen LogP contribution < -0.4 is 10.4 Å². The van der Waals surface area contributed by atoms with Crippen LogP contribution in [0.4, 0.5) is 54.0 Å². The van der Waals surface area contributed by atoms with Crippen LogP contribution in [0.25, 0.3) is 0 Å². The Morgan fingerprint density at radius 3 is 1.72 bits per heavy atom. The van der Waals surface area contributed by atoms with Crippen molar-refractivity contribution in [2.45, 2.75) is 55.7 Å². The zero-order valence-electron chi connectivity index (χ0n) is 17.9. The molecule has 198 valence electrons. The van der Waals surface area contributed by atoms with Crippen LogP contribution in [0, 0.1) is 0 Å². The second kappa shape index (κ2) is 8.51. The maximum atomic E-state index is 15.8. The highest BCUT2D eigenvalue weighted by Crippen LogP contribution is 2.54. The van der Waals surface area contributed by atoms with E-state index in [2.05, 4.69) is 5.32 Å². The number of carboxylic acid groups (broad SMARTS) is 1. The normalized spacial score (nSPS) is 21.1. The van der Waals surface area contributed by atoms with Gasteiger partial charge in [0.25, 0.3) is 5.92 Å². The van der Waals surface area contributed by atoms with Gasteiger partial charge in [-0.3, -0.25) is 0 Å². The lowest BCUT2D eigenvalue weighted by molar-refractivity contribution is -0.313. The maximum absolute atomic E-state index is 15.8. The number of carbonyl (C=O) groups excluding carboxylic acids is 1. The third kappa shape index (κ3) is 4.94. The molecule has 0 saturated carbocycles. The first-order chi connectivity index (χ1) is 16.2. The van der Waals surface area contributed by atoms with Crippen molar-refractivity contribution < 1.29 is 58.2 Å². The lowest BCUT2D eigenvalue weighted by Crippen LogP contribution is -2.57. The van der Waals surface area contributed by atoms with Crippen molar-refractivity contribution >= 4 is 11.7 Å². The van der Waals surface area contributed by atoms with Crippen LogP contribution in [0.15, 0.2) is 36.4 Å². The number of nitrogens with one attached hydrogen (secondary N) is 1. The van der Waals surface area contributed by atoms with Crippen molar-refractivity contribution in [3.63, 3.8) is 0 Å². The lowest BCUT2D eigenvalue weighted by Gasteiger charge is -2.46. The van der Waals surface area contributed by atoms with Gasteiger partial charge in [-0.1, -0.05) is 6.92 Å². The summed E-state index contributed by atoms with van der Waals surface area (Å²) in [5.41, 5.74) is -11.0. The van der Waals surface area contributed by atoms with Gasteiger partial charge in [-0.05, 0) is 54.8 Å². The first-order valence-electron chi connectivity index (χ1n) is 10.1. The topological polar surface area (TPSA) is 52.2 Å². The van der Waals surface area contributed by atoms with E-state index in [4.69, 9.17) is 0 Å².